The zero-order valence-electron chi connectivity index (χ0n) is 59.9. The number of hydrogen-bond donors (Lipinski definition) is 3. The van der Waals surface area contributed by atoms with Crippen molar-refractivity contribution >= 4 is 39.5 Å². The van der Waals surface area contributed by atoms with Crippen LogP contribution >= 0.6 is 15.6 Å². The Bertz CT molecular complexity index is 1790. The monoisotopic (exact) mass is 1350 g/mol. The molecule has 0 spiro atoms. The highest BCUT2D eigenvalue weighted by molar-refractivity contribution is 7.47. The van der Waals surface area contributed by atoms with Crippen LogP contribution in [0, 0.1) is 11.8 Å². The van der Waals surface area contributed by atoms with Crippen LogP contribution in [-0.4, -0.2) is 96.7 Å². The Morgan fingerprint density at radius 2 is 0.554 bits per heavy atom. The van der Waals surface area contributed by atoms with Gasteiger partial charge in [-0.1, -0.05) is 324 Å². The normalized spacial score (nSPS) is 14.4. The molecule has 0 saturated carbocycles. The summed E-state index contributed by atoms with van der Waals surface area (Å²) in [6, 6.07) is 0. The first-order chi connectivity index (χ1) is 44.4. The molecule has 0 aliphatic rings. The number of phosphoric ester groups is 2. The highest BCUT2D eigenvalue weighted by atomic mass is 31.2. The molecule has 0 aliphatic carbocycles. The summed E-state index contributed by atoms with van der Waals surface area (Å²) in [6.07, 6.45) is 51.2. The second kappa shape index (κ2) is 65.0. The standard InChI is InChI=1S/C73H142O17P2/c1-7-10-12-14-16-18-19-22-26-33-39-45-51-57-72(77)89-68(61-83-70(75)55-49-43-37-17-15-13-11-8-2)63-87-91(79,80)85-59-67(74)60-86-92(81,82)88-64-69(62-84-71(76)56-50-44-38-32-29-28-31-36-42-48-54-66(6)9-3)90-73(78)58-52-46-40-34-27-24-21-20-23-25-30-35-41-47-53-65(4)5/h65-69,74H,7-64H2,1-6H3,(H,79,80)(H,81,82)/t66?,67-,68+,69+/m0/s1. The Morgan fingerprint density at radius 1 is 0.315 bits per heavy atom. The van der Waals surface area contributed by atoms with Gasteiger partial charge >= 0.3 is 39.5 Å². The topological polar surface area (TPSA) is 237 Å². The van der Waals surface area contributed by atoms with Gasteiger partial charge in [0.2, 0.25) is 0 Å². The van der Waals surface area contributed by atoms with Crippen LogP contribution in [0.15, 0.2) is 0 Å². The minimum atomic E-state index is -4.95. The summed E-state index contributed by atoms with van der Waals surface area (Å²) in [5.74, 6) is -0.516. The smallest absolute Gasteiger partial charge is 0.462 e. The fourth-order valence-corrected chi connectivity index (χ4v) is 12.7. The van der Waals surface area contributed by atoms with Crippen LogP contribution in [0.5, 0.6) is 0 Å². The van der Waals surface area contributed by atoms with E-state index in [2.05, 4.69) is 41.5 Å². The molecule has 0 bridgehead atoms. The van der Waals surface area contributed by atoms with Crippen LogP contribution in [0.2, 0.25) is 0 Å². The average Bonchev–Trinajstić information content (AvgIpc) is 2.88. The largest absolute Gasteiger partial charge is 0.472 e. The van der Waals surface area contributed by atoms with Crippen LogP contribution in [0.25, 0.3) is 0 Å². The van der Waals surface area contributed by atoms with Gasteiger partial charge in [0, 0.05) is 25.7 Å². The molecule has 0 aromatic rings. The lowest BCUT2D eigenvalue weighted by Gasteiger charge is -2.21. The van der Waals surface area contributed by atoms with Crippen LogP contribution in [-0.2, 0) is 65.4 Å². The zero-order valence-corrected chi connectivity index (χ0v) is 61.6. The molecule has 0 saturated heterocycles. The number of hydrogen-bond acceptors (Lipinski definition) is 15. The number of aliphatic hydroxyl groups excluding tert-OH is 1. The number of phosphoric acid groups is 2. The van der Waals surface area contributed by atoms with E-state index in [9.17, 15) is 43.2 Å². The van der Waals surface area contributed by atoms with Crippen LogP contribution in [0.3, 0.4) is 0 Å². The summed E-state index contributed by atoms with van der Waals surface area (Å²) in [5.41, 5.74) is 0. The van der Waals surface area contributed by atoms with Gasteiger partial charge in [-0.05, 0) is 37.5 Å². The molecule has 546 valence electrons. The molecule has 92 heavy (non-hydrogen) atoms. The van der Waals surface area contributed by atoms with E-state index in [-0.39, 0.29) is 25.7 Å². The molecular weight excluding hydrogens is 1210 g/mol. The molecule has 3 N–H and O–H groups in total. The van der Waals surface area contributed by atoms with Gasteiger partial charge in [-0.25, -0.2) is 9.13 Å². The first-order valence-electron chi connectivity index (χ1n) is 38.0. The molecule has 0 aliphatic heterocycles. The van der Waals surface area contributed by atoms with E-state index < -0.39 is 97.5 Å². The fourth-order valence-electron chi connectivity index (χ4n) is 11.1. The highest BCUT2D eigenvalue weighted by Crippen LogP contribution is 2.45. The minimum absolute atomic E-state index is 0.107. The first kappa shape index (κ1) is 90.1. The van der Waals surface area contributed by atoms with Gasteiger partial charge in [-0.2, -0.15) is 0 Å². The zero-order chi connectivity index (χ0) is 67.9. The van der Waals surface area contributed by atoms with E-state index in [1.807, 2.05) is 0 Å². The molecule has 17 nitrogen and oxygen atoms in total. The molecular formula is C73H142O17P2. The first-order valence-corrected chi connectivity index (χ1v) is 41.0. The number of unbranched alkanes of at least 4 members (excludes halogenated alkanes) is 41. The van der Waals surface area contributed by atoms with E-state index in [4.69, 9.17) is 37.0 Å². The van der Waals surface area contributed by atoms with Crippen molar-refractivity contribution in [3.8, 4) is 0 Å². The summed E-state index contributed by atoms with van der Waals surface area (Å²) in [6.45, 7) is 9.60. The number of rotatable bonds is 72. The van der Waals surface area contributed by atoms with E-state index >= 15 is 0 Å². The third-order valence-electron chi connectivity index (χ3n) is 17.3. The van der Waals surface area contributed by atoms with E-state index in [0.717, 1.165) is 108 Å². The summed E-state index contributed by atoms with van der Waals surface area (Å²) < 4.78 is 68.4. The predicted molar refractivity (Wildman–Crippen MR) is 372 cm³/mol. The van der Waals surface area contributed by atoms with Crippen molar-refractivity contribution in [3.05, 3.63) is 0 Å². The predicted octanol–water partition coefficient (Wildman–Crippen LogP) is 21.2. The molecule has 0 amide bonds. The number of carbonyl (C=O) groups excluding carboxylic acids is 4. The van der Waals surface area contributed by atoms with E-state index in [1.165, 1.54) is 186 Å². The maximum Gasteiger partial charge on any atom is 0.472 e. The maximum absolute atomic E-state index is 13.1. The molecule has 6 atom stereocenters. The van der Waals surface area contributed by atoms with Crippen molar-refractivity contribution in [1.82, 2.24) is 0 Å². The Hall–Kier alpha value is -1.94. The Balaban J connectivity index is 5.23. The second-order valence-electron chi connectivity index (χ2n) is 27.1. The van der Waals surface area contributed by atoms with Gasteiger partial charge < -0.3 is 33.8 Å². The molecule has 19 heteroatoms. The van der Waals surface area contributed by atoms with E-state index in [0.29, 0.717) is 25.7 Å². The summed E-state index contributed by atoms with van der Waals surface area (Å²) >= 11 is 0. The highest BCUT2D eigenvalue weighted by Gasteiger charge is 2.30. The second-order valence-corrected chi connectivity index (χ2v) is 30.0. The Morgan fingerprint density at radius 3 is 0.826 bits per heavy atom. The third-order valence-corrected chi connectivity index (χ3v) is 19.2. The van der Waals surface area contributed by atoms with Gasteiger partial charge in [0.1, 0.15) is 19.3 Å². The van der Waals surface area contributed by atoms with Crippen molar-refractivity contribution < 1.29 is 80.2 Å². The van der Waals surface area contributed by atoms with Crippen molar-refractivity contribution in [2.45, 2.75) is 394 Å². The van der Waals surface area contributed by atoms with Crippen molar-refractivity contribution in [2.75, 3.05) is 39.6 Å². The molecule has 0 heterocycles. The molecule has 0 aromatic heterocycles. The molecule has 0 radical (unpaired) electrons. The van der Waals surface area contributed by atoms with Crippen LogP contribution < -0.4 is 0 Å². The number of aliphatic hydroxyl groups is 1. The molecule has 0 aromatic carbocycles. The number of carbonyl (C=O) groups is 4. The van der Waals surface area contributed by atoms with Crippen molar-refractivity contribution in [2.24, 2.45) is 11.8 Å². The van der Waals surface area contributed by atoms with Crippen molar-refractivity contribution in [3.63, 3.8) is 0 Å². The van der Waals surface area contributed by atoms with Gasteiger partial charge in [0.05, 0.1) is 26.4 Å². The minimum Gasteiger partial charge on any atom is -0.462 e. The van der Waals surface area contributed by atoms with E-state index in [1.54, 1.807) is 0 Å². The lowest BCUT2D eigenvalue weighted by atomic mass is 9.99. The Labute approximate surface area is 562 Å². The van der Waals surface area contributed by atoms with Crippen molar-refractivity contribution in [1.29, 1.82) is 0 Å². The molecule has 3 unspecified atom stereocenters. The number of ether oxygens (including phenoxy) is 4. The van der Waals surface area contributed by atoms with Gasteiger partial charge in [0.25, 0.3) is 0 Å². The average molecular weight is 1350 g/mol. The lowest BCUT2D eigenvalue weighted by Crippen LogP contribution is -2.30. The van der Waals surface area contributed by atoms with Gasteiger partial charge in [-0.15, -0.1) is 0 Å². The SMILES string of the molecule is CCCCCCCCCCCCCCCC(=O)O[C@H](COC(=O)CCCCCCCCCC)COP(=O)(O)OC[C@H](O)COP(=O)(O)OC[C@@H](COC(=O)CCCCCCCCCCCCC(C)CC)OC(=O)CCCCCCCCCCCCCCCCC(C)C. The van der Waals surface area contributed by atoms with Gasteiger partial charge in [0.15, 0.2) is 12.2 Å². The van der Waals surface area contributed by atoms with Gasteiger partial charge in [-0.3, -0.25) is 37.3 Å². The van der Waals surface area contributed by atoms with Crippen LogP contribution in [0.4, 0.5) is 0 Å². The molecule has 0 rings (SSSR count). The maximum atomic E-state index is 13.1. The third kappa shape index (κ3) is 65.4. The molecule has 0 fully saturated rings. The summed E-state index contributed by atoms with van der Waals surface area (Å²) in [4.78, 5) is 72.6. The lowest BCUT2D eigenvalue weighted by molar-refractivity contribution is -0.161. The number of esters is 4. The summed E-state index contributed by atoms with van der Waals surface area (Å²) in [5, 5.41) is 10.6. The Kier molecular flexibility index (Phi) is 63.7. The quantitative estimate of drug-likeness (QED) is 0.0222. The fraction of sp³-hybridized carbons (Fsp3) is 0.945. The van der Waals surface area contributed by atoms with Crippen LogP contribution in [0.1, 0.15) is 375 Å². The summed E-state index contributed by atoms with van der Waals surface area (Å²) in [7, 11) is -9.90.